The Kier molecular flexibility index (Phi) is 2.97. The Bertz CT molecular complexity index is 1110. The van der Waals surface area contributed by atoms with E-state index in [0.29, 0.717) is 11.3 Å². The molecule has 126 valence electrons. The van der Waals surface area contributed by atoms with E-state index in [9.17, 15) is 14.7 Å². The molecule has 0 fully saturated rings. The molecule has 4 rings (SSSR count). The van der Waals surface area contributed by atoms with Crippen LogP contribution in [-0.2, 0) is 5.60 Å². The Morgan fingerprint density at radius 1 is 1.08 bits per heavy atom. The summed E-state index contributed by atoms with van der Waals surface area (Å²) >= 11 is 0. The molecule has 0 spiro atoms. The zero-order valence-electron chi connectivity index (χ0n) is 13.5. The van der Waals surface area contributed by atoms with Crippen LogP contribution in [0, 0.1) is 0 Å². The minimum absolute atomic E-state index is 0.130. The van der Waals surface area contributed by atoms with Gasteiger partial charge in [-0.25, -0.2) is 4.79 Å². The Morgan fingerprint density at radius 2 is 1.80 bits per heavy atom. The maximum atomic E-state index is 12.5. The molecule has 0 unspecified atom stereocenters. The van der Waals surface area contributed by atoms with E-state index >= 15 is 0 Å². The van der Waals surface area contributed by atoms with Gasteiger partial charge in [-0.3, -0.25) is 4.79 Å². The minimum atomic E-state index is -1.31. The summed E-state index contributed by atoms with van der Waals surface area (Å²) in [5.74, 6) is -1.24. The van der Waals surface area contributed by atoms with Crippen molar-refractivity contribution >= 4 is 16.9 Å². The highest BCUT2D eigenvalue weighted by molar-refractivity contribution is 5.95. The highest BCUT2D eigenvalue weighted by Gasteiger charge is 2.34. The average molecular weight is 338 g/mol. The first kappa shape index (κ1) is 15.3. The van der Waals surface area contributed by atoms with Gasteiger partial charge in [0.25, 0.3) is 0 Å². The van der Waals surface area contributed by atoms with Gasteiger partial charge in [0.15, 0.2) is 5.43 Å². The fourth-order valence-corrected chi connectivity index (χ4v) is 3.22. The van der Waals surface area contributed by atoms with E-state index in [1.54, 1.807) is 30.3 Å². The maximum Gasteiger partial charge on any atom is 0.371 e. The molecular weight excluding hydrogens is 324 g/mol. The van der Waals surface area contributed by atoms with Gasteiger partial charge >= 0.3 is 5.97 Å². The standard InChI is InChI=1S/C19H14O6/c1-19(2)12-7-9(20)3-4-10(12)11-5-6-14-16(17(11)25-19)13(21)8-15(24-14)18(22)23/h3-8,20H,1-2H3,(H,22,23). The Balaban J connectivity index is 2.10. The smallest absolute Gasteiger partial charge is 0.371 e. The topological polar surface area (TPSA) is 97.0 Å². The number of aromatic hydroxyl groups is 1. The van der Waals surface area contributed by atoms with E-state index < -0.39 is 22.8 Å². The second-order valence-electron chi connectivity index (χ2n) is 6.44. The fraction of sp³-hybridized carbons (Fsp3) is 0.158. The van der Waals surface area contributed by atoms with Gasteiger partial charge in [-0.05, 0) is 43.7 Å². The number of carboxylic acids is 1. The zero-order valence-corrected chi connectivity index (χ0v) is 13.5. The van der Waals surface area contributed by atoms with Gasteiger partial charge in [0.2, 0.25) is 5.76 Å². The quantitative estimate of drug-likeness (QED) is 0.705. The molecular formula is C19H14O6. The molecule has 3 aromatic rings. The number of aromatic carboxylic acids is 1. The van der Waals surface area contributed by atoms with E-state index in [-0.39, 0.29) is 16.7 Å². The molecule has 0 saturated carbocycles. The molecule has 0 radical (unpaired) electrons. The van der Waals surface area contributed by atoms with Crippen molar-refractivity contribution in [2.24, 2.45) is 0 Å². The van der Waals surface area contributed by atoms with Crippen molar-refractivity contribution < 1.29 is 24.2 Å². The van der Waals surface area contributed by atoms with Gasteiger partial charge in [0, 0.05) is 17.2 Å². The van der Waals surface area contributed by atoms with Gasteiger partial charge in [0.1, 0.15) is 28.1 Å². The third-order valence-corrected chi connectivity index (χ3v) is 4.36. The van der Waals surface area contributed by atoms with Gasteiger partial charge in [-0.1, -0.05) is 6.07 Å². The van der Waals surface area contributed by atoms with Gasteiger partial charge < -0.3 is 19.4 Å². The number of rotatable bonds is 1. The molecule has 0 aliphatic carbocycles. The SMILES string of the molecule is CC1(C)Oc2c(ccc3oc(C(=O)O)cc(=O)c23)-c2ccc(O)cc21. The highest BCUT2D eigenvalue weighted by Crippen LogP contribution is 2.48. The summed E-state index contributed by atoms with van der Waals surface area (Å²) in [6, 6.07) is 9.21. The Labute approximate surface area is 141 Å². The molecule has 2 aromatic carbocycles. The second-order valence-corrected chi connectivity index (χ2v) is 6.44. The number of ether oxygens (including phenoxy) is 1. The number of carbonyl (C=O) groups is 1. The number of fused-ring (bicyclic) bond motifs is 5. The van der Waals surface area contributed by atoms with Gasteiger partial charge in [-0.15, -0.1) is 0 Å². The molecule has 2 heterocycles. The van der Waals surface area contributed by atoms with Crippen molar-refractivity contribution in [3.63, 3.8) is 0 Å². The monoisotopic (exact) mass is 338 g/mol. The number of carboxylic acid groups (broad SMARTS) is 1. The van der Waals surface area contributed by atoms with E-state index in [0.717, 1.165) is 17.2 Å². The first-order valence-corrected chi connectivity index (χ1v) is 7.65. The van der Waals surface area contributed by atoms with Crippen LogP contribution in [0.15, 0.2) is 45.6 Å². The van der Waals surface area contributed by atoms with Crippen LogP contribution in [0.5, 0.6) is 11.5 Å². The van der Waals surface area contributed by atoms with Crippen molar-refractivity contribution in [2.75, 3.05) is 0 Å². The molecule has 2 N–H and O–H groups in total. The highest BCUT2D eigenvalue weighted by atomic mass is 16.5. The van der Waals surface area contributed by atoms with Crippen LogP contribution in [0.4, 0.5) is 0 Å². The van der Waals surface area contributed by atoms with Crippen LogP contribution in [0.25, 0.3) is 22.1 Å². The molecule has 6 heteroatoms. The van der Waals surface area contributed by atoms with Gasteiger partial charge in [0.05, 0.1) is 0 Å². The number of phenolic OH excluding ortho intramolecular Hbond substituents is 1. The first-order valence-electron chi connectivity index (χ1n) is 7.65. The molecule has 0 amide bonds. The summed E-state index contributed by atoms with van der Waals surface area (Å²) in [4.78, 5) is 23.6. The van der Waals surface area contributed by atoms with Crippen LogP contribution in [-0.4, -0.2) is 16.2 Å². The zero-order chi connectivity index (χ0) is 17.9. The maximum absolute atomic E-state index is 12.5. The summed E-state index contributed by atoms with van der Waals surface area (Å²) in [5.41, 5.74) is 1.22. The third kappa shape index (κ3) is 2.18. The van der Waals surface area contributed by atoms with Crippen molar-refractivity contribution in [3.05, 3.63) is 57.9 Å². The lowest BCUT2D eigenvalue weighted by atomic mass is 9.85. The summed E-state index contributed by atoms with van der Waals surface area (Å²) < 4.78 is 11.4. The van der Waals surface area contributed by atoms with Crippen molar-refractivity contribution in [1.82, 2.24) is 0 Å². The normalized spacial score (nSPS) is 14.5. The Hall–Kier alpha value is -3.28. The third-order valence-electron chi connectivity index (χ3n) is 4.36. The van der Waals surface area contributed by atoms with Crippen molar-refractivity contribution in [2.45, 2.75) is 19.4 Å². The lowest BCUT2D eigenvalue weighted by Gasteiger charge is -2.35. The molecule has 0 saturated heterocycles. The van der Waals surface area contributed by atoms with E-state index in [1.165, 1.54) is 0 Å². The second kappa shape index (κ2) is 4.86. The number of benzene rings is 2. The number of hydrogen-bond donors (Lipinski definition) is 2. The molecule has 0 bridgehead atoms. The summed E-state index contributed by atoms with van der Waals surface area (Å²) in [6.45, 7) is 3.67. The molecule has 0 atom stereocenters. The largest absolute Gasteiger partial charge is 0.508 e. The lowest BCUT2D eigenvalue weighted by molar-refractivity contribution is 0.0662. The number of hydrogen-bond acceptors (Lipinski definition) is 5. The summed E-state index contributed by atoms with van der Waals surface area (Å²) in [7, 11) is 0. The van der Waals surface area contributed by atoms with Crippen molar-refractivity contribution in [1.29, 1.82) is 0 Å². The van der Waals surface area contributed by atoms with Crippen LogP contribution >= 0.6 is 0 Å². The molecule has 1 aliphatic heterocycles. The van der Waals surface area contributed by atoms with Crippen molar-refractivity contribution in [3.8, 4) is 22.6 Å². The molecule has 25 heavy (non-hydrogen) atoms. The molecule has 6 nitrogen and oxygen atoms in total. The average Bonchev–Trinajstić information content (AvgIpc) is 2.54. The van der Waals surface area contributed by atoms with Gasteiger partial charge in [-0.2, -0.15) is 0 Å². The van der Waals surface area contributed by atoms with Crippen LogP contribution in [0.2, 0.25) is 0 Å². The van der Waals surface area contributed by atoms with Crippen LogP contribution in [0.3, 0.4) is 0 Å². The predicted molar refractivity (Wildman–Crippen MR) is 90.2 cm³/mol. The fourth-order valence-electron chi connectivity index (χ4n) is 3.22. The van der Waals surface area contributed by atoms with E-state index in [2.05, 4.69) is 0 Å². The first-order chi connectivity index (χ1) is 11.8. The van der Waals surface area contributed by atoms with Crippen LogP contribution < -0.4 is 10.2 Å². The minimum Gasteiger partial charge on any atom is -0.508 e. The molecule has 1 aromatic heterocycles. The number of phenols is 1. The summed E-state index contributed by atoms with van der Waals surface area (Å²) in [6.07, 6.45) is 0. The lowest BCUT2D eigenvalue weighted by Crippen LogP contribution is -2.30. The molecule has 1 aliphatic rings. The summed E-state index contributed by atoms with van der Waals surface area (Å²) in [5, 5.41) is 19.1. The van der Waals surface area contributed by atoms with Crippen LogP contribution in [0.1, 0.15) is 30.0 Å². The Morgan fingerprint density at radius 3 is 2.52 bits per heavy atom. The van der Waals surface area contributed by atoms with E-state index in [4.69, 9.17) is 14.3 Å². The predicted octanol–water partition coefficient (Wildman–Crippen LogP) is 3.49. The van der Waals surface area contributed by atoms with E-state index in [1.807, 2.05) is 13.8 Å².